The van der Waals surface area contributed by atoms with Gasteiger partial charge in [0.2, 0.25) is 5.43 Å². The van der Waals surface area contributed by atoms with Gasteiger partial charge in [0, 0.05) is 12.1 Å². The SMILES string of the molecule is COc1cccc2[nH]c3c(c(=O)c12)C(=O)CC(C1CC1)C3. The second kappa shape index (κ2) is 4.45. The van der Waals surface area contributed by atoms with Crippen molar-refractivity contribution in [3.05, 3.63) is 39.7 Å². The summed E-state index contributed by atoms with van der Waals surface area (Å²) in [5, 5.41) is 0.483. The molecule has 2 aliphatic rings. The number of methoxy groups -OCH3 is 1. The number of Topliss-reactive ketones (excluding diaryl/α,β-unsaturated/α-hetero) is 1. The summed E-state index contributed by atoms with van der Waals surface area (Å²) in [6.07, 6.45) is 3.77. The molecule has 0 radical (unpaired) electrons. The van der Waals surface area contributed by atoms with E-state index in [1.807, 2.05) is 12.1 Å². The summed E-state index contributed by atoms with van der Waals surface area (Å²) >= 11 is 0. The second-order valence-corrected chi connectivity index (χ2v) is 6.12. The monoisotopic (exact) mass is 283 g/mol. The second-order valence-electron chi connectivity index (χ2n) is 6.12. The Kier molecular flexibility index (Phi) is 2.67. The molecule has 1 aromatic carbocycles. The van der Waals surface area contributed by atoms with Gasteiger partial charge in [-0.05, 0) is 43.2 Å². The van der Waals surface area contributed by atoms with Crippen LogP contribution in [0.2, 0.25) is 0 Å². The zero-order chi connectivity index (χ0) is 14.6. The van der Waals surface area contributed by atoms with Crippen LogP contribution in [0.1, 0.15) is 35.3 Å². The third-order valence-electron chi connectivity index (χ3n) is 4.77. The number of aromatic amines is 1. The lowest BCUT2D eigenvalue weighted by molar-refractivity contribution is 0.0940. The number of fused-ring (bicyclic) bond motifs is 2. The van der Waals surface area contributed by atoms with Crippen LogP contribution in [0.5, 0.6) is 5.75 Å². The number of nitrogens with one attached hydrogen (secondary N) is 1. The van der Waals surface area contributed by atoms with Crippen LogP contribution in [0.3, 0.4) is 0 Å². The minimum Gasteiger partial charge on any atom is -0.496 e. The Labute approximate surface area is 122 Å². The molecule has 0 amide bonds. The normalized spacial score (nSPS) is 21.4. The van der Waals surface area contributed by atoms with E-state index in [0.717, 1.165) is 17.6 Å². The van der Waals surface area contributed by atoms with Gasteiger partial charge in [0.15, 0.2) is 5.78 Å². The van der Waals surface area contributed by atoms with Gasteiger partial charge in [-0.3, -0.25) is 9.59 Å². The topological polar surface area (TPSA) is 59.2 Å². The molecule has 0 spiro atoms. The molecule has 0 bridgehead atoms. The molecule has 1 aromatic heterocycles. The van der Waals surface area contributed by atoms with Gasteiger partial charge < -0.3 is 9.72 Å². The molecular formula is C17H17NO3. The largest absolute Gasteiger partial charge is 0.496 e. The van der Waals surface area contributed by atoms with Crippen LogP contribution in [0.25, 0.3) is 10.9 Å². The van der Waals surface area contributed by atoms with E-state index in [-0.39, 0.29) is 11.2 Å². The van der Waals surface area contributed by atoms with Crippen molar-refractivity contribution in [2.75, 3.05) is 7.11 Å². The van der Waals surface area contributed by atoms with Gasteiger partial charge in [-0.15, -0.1) is 0 Å². The van der Waals surface area contributed by atoms with E-state index < -0.39 is 0 Å². The van der Waals surface area contributed by atoms with E-state index in [2.05, 4.69) is 4.98 Å². The Bertz CT molecular complexity index is 802. The Morgan fingerprint density at radius 3 is 2.67 bits per heavy atom. The zero-order valence-corrected chi connectivity index (χ0v) is 11.9. The van der Waals surface area contributed by atoms with Gasteiger partial charge in [-0.2, -0.15) is 0 Å². The molecule has 4 nitrogen and oxygen atoms in total. The number of ether oxygens (including phenoxy) is 1. The molecule has 1 unspecified atom stereocenters. The number of carbonyl (C=O) groups excluding carboxylic acids is 1. The van der Waals surface area contributed by atoms with Crippen molar-refractivity contribution in [2.24, 2.45) is 11.8 Å². The molecule has 21 heavy (non-hydrogen) atoms. The van der Waals surface area contributed by atoms with Crippen LogP contribution in [-0.4, -0.2) is 17.9 Å². The van der Waals surface area contributed by atoms with E-state index >= 15 is 0 Å². The predicted octanol–water partition coefficient (Wildman–Crippen LogP) is 2.69. The molecule has 1 saturated carbocycles. The average Bonchev–Trinajstić information content (AvgIpc) is 3.30. The summed E-state index contributed by atoms with van der Waals surface area (Å²) in [4.78, 5) is 28.5. The van der Waals surface area contributed by atoms with Crippen LogP contribution in [0, 0.1) is 11.8 Å². The Morgan fingerprint density at radius 2 is 1.95 bits per heavy atom. The van der Waals surface area contributed by atoms with E-state index in [4.69, 9.17) is 4.74 Å². The number of benzene rings is 1. The quantitative estimate of drug-likeness (QED) is 0.921. The van der Waals surface area contributed by atoms with Crippen molar-refractivity contribution >= 4 is 16.7 Å². The highest BCUT2D eigenvalue weighted by molar-refractivity contribution is 6.02. The highest BCUT2D eigenvalue weighted by atomic mass is 16.5. The molecule has 0 saturated heterocycles. The highest BCUT2D eigenvalue weighted by Crippen LogP contribution is 2.42. The summed E-state index contributed by atoms with van der Waals surface area (Å²) < 4.78 is 5.27. The number of hydrogen-bond donors (Lipinski definition) is 1. The molecule has 1 fully saturated rings. The lowest BCUT2D eigenvalue weighted by Gasteiger charge is -2.23. The number of rotatable bonds is 2. The standard InChI is InChI=1S/C17H17NO3/c1-21-14-4-2-3-11-16(14)17(20)15-12(18-11)7-10(8-13(15)19)9-5-6-9/h2-4,9-10H,5-8H2,1H3,(H,18,20). The molecule has 108 valence electrons. The van der Waals surface area contributed by atoms with Crippen LogP contribution in [0.4, 0.5) is 0 Å². The van der Waals surface area contributed by atoms with Crippen LogP contribution >= 0.6 is 0 Å². The van der Waals surface area contributed by atoms with Gasteiger partial charge in [-0.1, -0.05) is 6.07 Å². The molecule has 2 aromatic rings. The molecule has 1 atom stereocenters. The molecule has 2 aliphatic carbocycles. The fourth-order valence-electron chi connectivity index (χ4n) is 3.55. The highest BCUT2D eigenvalue weighted by Gasteiger charge is 2.38. The van der Waals surface area contributed by atoms with Crippen LogP contribution in [0.15, 0.2) is 23.0 Å². The van der Waals surface area contributed by atoms with Crippen molar-refractivity contribution in [2.45, 2.75) is 25.7 Å². The minimum absolute atomic E-state index is 0.0118. The van der Waals surface area contributed by atoms with E-state index in [0.29, 0.717) is 35.0 Å². The van der Waals surface area contributed by atoms with Gasteiger partial charge in [0.05, 0.1) is 23.6 Å². The van der Waals surface area contributed by atoms with Crippen molar-refractivity contribution in [3.63, 3.8) is 0 Å². The summed E-state index contributed by atoms with van der Waals surface area (Å²) in [6.45, 7) is 0. The number of ketones is 1. The lowest BCUT2D eigenvalue weighted by atomic mass is 9.82. The van der Waals surface area contributed by atoms with Crippen molar-refractivity contribution in [1.82, 2.24) is 4.98 Å². The maximum Gasteiger partial charge on any atom is 0.204 e. The van der Waals surface area contributed by atoms with E-state index in [1.54, 1.807) is 13.2 Å². The van der Waals surface area contributed by atoms with Crippen LogP contribution in [-0.2, 0) is 6.42 Å². The first-order chi connectivity index (χ1) is 10.2. The third-order valence-corrected chi connectivity index (χ3v) is 4.77. The summed E-state index contributed by atoms with van der Waals surface area (Å²) in [5.41, 5.74) is 1.73. The Balaban J connectivity index is 1.95. The first-order valence-corrected chi connectivity index (χ1v) is 7.44. The Hall–Kier alpha value is -2.10. The molecule has 4 rings (SSSR count). The Morgan fingerprint density at radius 1 is 1.14 bits per heavy atom. The average molecular weight is 283 g/mol. The summed E-state index contributed by atoms with van der Waals surface area (Å²) in [6, 6.07) is 5.47. The number of hydrogen-bond acceptors (Lipinski definition) is 3. The number of H-pyrrole nitrogens is 1. The van der Waals surface area contributed by atoms with Crippen molar-refractivity contribution in [1.29, 1.82) is 0 Å². The van der Waals surface area contributed by atoms with Crippen molar-refractivity contribution in [3.8, 4) is 5.75 Å². The predicted molar refractivity (Wildman–Crippen MR) is 80.0 cm³/mol. The smallest absolute Gasteiger partial charge is 0.204 e. The molecule has 1 N–H and O–H groups in total. The number of pyridine rings is 1. The third kappa shape index (κ3) is 1.89. The zero-order valence-electron chi connectivity index (χ0n) is 11.9. The number of carbonyl (C=O) groups is 1. The summed E-state index contributed by atoms with van der Waals surface area (Å²) in [7, 11) is 1.54. The molecule has 1 heterocycles. The lowest BCUT2D eigenvalue weighted by Crippen LogP contribution is -2.29. The van der Waals surface area contributed by atoms with Gasteiger partial charge in [0.25, 0.3) is 0 Å². The van der Waals surface area contributed by atoms with Gasteiger partial charge >= 0.3 is 0 Å². The van der Waals surface area contributed by atoms with Crippen LogP contribution < -0.4 is 10.2 Å². The molecule has 4 heteroatoms. The first-order valence-electron chi connectivity index (χ1n) is 7.44. The van der Waals surface area contributed by atoms with Gasteiger partial charge in [-0.25, -0.2) is 0 Å². The first kappa shape index (κ1) is 12.6. The van der Waals surface area contributed by atoms with E-state index in [1.165, 1.54) is 12.8 Å². The maximum absolute atomic E-state index is 12.7. The number of aromatic nitrogens is 1. The maximum atomic E-state index is 12.7. The van der Waals surface area contributed by atoms with Gasteiger partial charge in [0.1, 0.15) is 5.75 Å². The summed E-state index contributed by atoms with van der Waals surface area (Å²) in [5.74, 6) is 1.59. The molecular weight excluding hydrogens is 266 g/mol. The fourth-order valence-corrected chi connectivity index (χ4v) is 3.55. The van der Waals surface area contributed by atoms with Crippen molar-refractivity contribution < 1.29 is 9.53 Å². The fraction of sp³-hybridized carbons (Fsp3) is 0.412. The molecule has 0 aliphatic heterocycles. The van der Waals surface area contributed by atoms with E-state index in [9.17, 15) is 9.59 Å². The minimum atomic E-state index is -0.185.